The van der Waals surface area contributed by atoms with Crippen molar-refractivity contribution in [3.63, 3.8) is 0 Å². The summed E-state index contributed by atoms with van der Waals surface area (Å²) in [5, 5.41) is 2.83. The third-order valence-electron chi connectivity index (χ3n) is 2.26. The summed E-state index contributed by atoms with van der Waals surface area (Å²) in [7, 11) is 0. The minimum absolute atomic E-state index is 0.00232. The molecule has 0 fully saturated rings. The van der Waals surface area contributed by atoms with Gasteiger partial charge in [-0.05, 0) is 32.0 Å². The summed E-state index contributed by atoms with van der Waals surface area (Å²) in [6, 6.07) is 3.76. The number of rotatable bonds is 5. The summed E-state index contributed by atoms with van der Waals surface area (Å²) in [5.74, 6) is -0.917. The molecule has 1 aromatic rings. The molecular formula is C12H15FN2O2S. The minimum Gasteiger partial charge on any atom is -0.464 e. The number of esters is 1. The lowest BCUT2D eigenvalue weighted by Crippen LogP contribution is -2.28. The van der Waals surface area contributed by atoms with Gasteiger partial charge in [0.2, 0.25) is 0 Å². The number of nitrogens with two attached hydrogens (primary N) is 1. The zero-order valence-corrected chi connectivity index (χ0v) is 11.0. The Balaban J connectivity index is 2.77. The Morgan fingerprint density at radius 3 is 2.78 bits per heavy atom. The van der Waals surface area contributed by atoms with E-state index in [0.29, 0.717) is 12.3 Å². The van der Waals surface area contributed by atoms with Gasteiger partial charge in [0.25, 0.3) is 0 Å². The molecule has 4 nitrogen and oxygen atoms in total. The third kappa shape index (κ3) is 3.66. The van der Waals surface area contributed by atoms with Crippen molar-refractivity contribution in [1.82, 2.24) is 0 Å². The summed E-state index contributed by atoms with van der Waals surface area (Å²) in [4.78, 5) is 11.4. The lowest BCUT2D eigenvalue weighted by atomic mass is 10.2. The first-order chi connectivity index (χ1) is 8.45. The van der Waals surface area contributed by atoms with E-state index in [-0.39, 0.29) is 10.6 Å². The Bertz CT molecular complexity index is 465. The minimum atomic E-state index is -0.556. The van der Waals surface area contributed by atoms with Gasteiger partial charge in [-0.1, -0.05) is 12.2 Å². The van der Waals surface area contributed by atoms with Crippen LogP contribution in [0.4, 0.5) is 10.1 Å². The number of carbonyl (C=O) groups excluding carboxylic acids is 1. The van der Waals surface area contributed by atoms with Crippen LogP contribution in [0.2, 0.25) is 0 Å². The van der Waals surface area contributed by atoms with Gasteiger partial charge in [0.1, 0.15) is 16.8 Å². The molecule has 0 aliphatic rings. The summed E-state index contributed by atoms with van der Waals surface area (Å²) in [6.07, 6.45) is 0. The molecular weight excluding hydrogens is 255 g/mol. The van der Waals surface area contributed by atoms with Crippen molar-refractivity contribution < 1.29 is 13.9 Å². The van der Waals surface area contributed by atoms with Crippen LogP contribution in [0.15, 0.2) is 18.2 Å². The molecule has 1 aromatic carbocycles. The normalized spacial score (nSPS) is 11.7. The second-order valence-electron chi connectivity index (χ2n) is 3.68. The molecule has 6 heteroatoms. The van der Waals surface area contributed by atoms with Gasteiger partial charge >= 0.3 is 5.97 Å². The first kappa shape index (κ1) is 14.4. The highest BCUT2D eigenvalue weighted by Gasteiger charge is 2.14. The zero-order chi connectivity index (χ0) is 13.7. The summed E-state index contributed by atoms with van der Waals surface area (Å²) >= 11 is 4.70. The largest absolute Gasteiger partial charge is 0.464 e. The molecule has 0 saturated carbocycles. The average molecular weight is 270 g/mol. The summed E-state index contributed by atoms with van der Waals surface area (Å²) < 4.78 is 18.4. The highest BCUT2D eigenvalue weighted by atomic mass is 32.1. The monoisotopic (exact) mass is 270 g/mol. The molecule has 0 aromatic heterocycles. The number of anilines is 1. The van der Waals surface area contributed by atoms with E-state index in [0.717, 1.165) is 0 Å². The number of carbonyl (C=O) groups is 1. The molecule has 0 amide bonds. The second kappa shape index (κ2) is 6.30. The fraction of sp³-hybridized carbons (Fsp3) is 0.333. The Morgan fingerprint density at radius 1 is 1.61 bits per heavy atom. The lowest BCUT2D eigenvalue weighted by molar-refractivity contribution is -0.143. The molecule has 0 bridgehead atoms. The number of hydrogen-bond donors (Lipinski definition) is 2. The maximum atomic E-state index is 13.6. The number of hydrogen-bond acceptors (Lipinski definition) is 4. The van der Waals surface area contributed by atoms with Crippen LogP contribution in [0.3, 0.4) is 0 Å². The Kier molecular flexibility index (Phi) is 5.03. The number of nitrogens with one attached hydrogen (secondary N) is 1. The molecule has 98 valence electrons. The van der Waals surface area contributed by atoms with Crippen LogP contribution in [0.25, 0.3) is 0 Å². The molecule has 1 rings (SSSR count). The highest BCUT2D eigenvalue weighted by molar-refractivity contribution is 7.80. The van der Waals surface area contributed by atoms with Crippen LogP contribution in [-0.2, 0) is 9.53 Å². The van der Waals surface area contributed by atoms with Crippen LogP contribution in [0.5, 0.6) is 0 Å². The molecule has 0 aliphatic carbocycles. The Labute approximate surface area is 110 Å². The van der Waals surface area contributed by atoms with Crippen molar-refractivity contribution in [2.24, 2.45) is 5.73 Å². The van der Waals surface area contributed by atoms with Gasteiger partial charge in [0.05, 0.1) is 6.61 Å². The molecule has 0 saturated heterocycles. The molecule has 0 spiro atoms. The molecule has 18 heavy (non-hydrogen) atoms. The van der Waals surface area contributed by atoms with Crippen molar-refractivity contribution in [2.45, 2.75) is 19.9 Å². The van der Waals surface area contributed by atoms with Crippen molar-refractivity contribution >= 4 is 28.9 Å². The first-order valence-corrected chi connectivity index (χ1v) is 5.89. The smallest absolute Gasteiger partial charge is 0.328 e. The summed E-state index contributed by atoms with van der Waals surface area (Å²) in [5.41, 5.74) is 6.00. The van der Waals surface area contributed by atoms with E-state index in [1.165, 1.54) is 12.1 Å². The predicted octanol–water partition coefficient (Wildman–Crippen LogP) is 1.82. The first-order valence-electron chi connectivity index (χ1n) is 5.48. The van der Waals surface area contributed by atoms with Crippen molar-refractivity contribution in [3.8, 4) is 0 Å². The third-order valence-corrected chi connectivity index (χ3v) is 2.48. The van der Waals surface area contributed by atoms with E-state index in [1.807, 2.05) is 0 Å². The Morgan fingerprint density at radius 2 is 2.28 bits per heavy atom. The van der Waals surface area contributed by atoms with E-state index in [2.05, 4.69) is 5.32 Å². The van der Waals surface area contributed by atoms with Gasteiger partial charge in [0, 0.05) is 11.3 Å². The number of ether oxygens (including phenoxy) is 1. The van der Waals surface area contributed by atoms with Crippen molar-refractivity contribution in [1.29, 1.82) is 0 Å². The van der Waals surface area contributed by atoms with Gasteiger partial charge in [-0.15, -0.1) is 0 Å². The summed E-state index contributed by atoms with van der Waals surface area (Å²) in [6.45, 7) is 3.66. The standard InChI is InChI=1S/C12H15FN2O2S/c1-3-17-12(16)7(2)15-8-4-5-9(11(14)18)10(13)6-8/h4-7,15H,3H2,1-2H3,(H2,14,18). The van der Waals surface area contributed by atoms with Gasteiger partial charge in [-0.2, -0.15) is 0 Å². The van der Waals surface area contributed by atoms with Gasteiger partial charge < -0.3 is 15.8 Å². The fourth-order valence-corrected chi connectivity index (χ4v) is 1.55. The predicted molar refractivity (Wildman–Crippen MR) is 72.0 cm³/mol. The maximum absolute atomic E-state index is 13.6. The quantitative estimate of drug-likeness (QED) is 0.631. The molecule has 1 unspecified atom stereocenters. The van der Waals surface area contributed by atoms with E-state index >= 15 is 0 Å². The van der Waals surface area contributed by atoms with E-state index in [4.69, 9.17) is 22.7 Å². The molecule has 0 aliphatic heterocycles. The van der Waals surface area contributed by atoms with E-state index in [9.17, 15) is 9.18 Å². The van der Waals surface area contributed by atoms with E-state index < -0.39 is 17.8 Å². The maximum Gasteiger partial charge on any atom is 0.328 e. The molecule has 1 atom stereocenters. The zero-order valence-electron chi connectivity index (χ0n) is 10.2. The molecule has 0 heterocycles. The Hall–Kier alpha value is -1.69. The van der Waals surface area contributed by atoms with Crippen LogP contribution in [0.1, 0.15) is 19.4 Å². The second-order valence-corrected chi connectivity index (χ2v) is 4.12. The molecule has 0 radical (unpaired) electrons. The molecule has 3 N–H and O–H groups in total. The number of thiocarbonyl (C=S) groups is 1. The van der Waals surface area contributed by atoms with Gasteiger partial charge in [-0.25, -0.2) is 9.18 Å². The van der Waals surface area contributed by atoms with Gasteiger partial charge in [0.15, 0.2) is 0 Å². The lowest BCUT2D eigenvalue weighted by Gasteiger charge is -2.14. The average Bonchev–Trinajstić information content (AvgIpc) is 2.28. The number of halogens is 1. The topological polar surface area (TPSA) is 64.3 Å². The number of benzene rings is 1. The van der Waals surface area contributed by atoms with Crippen LogP contribution in [-0.4, -0.2) is 23.6 Å². The van der Waals surface area contributed by atoms with Crippen molar-refractivity contribution in [2.75, 3.05) is 11.9 Å². The van der Waals surface area contributed by atoms with Crippen LogP contribution in [0, 0.1) is 5.82 Å². The SMILES string of the molecule is CCOC(=O)C(C)Nc1ccc(C(N)=S)c(F)c1. The highest BCUT2D eigenvalue weighted by Crippen LogP contribution is 2.15. The van der Waals surface area contributed by atoms with Crippen LogP contribution < -0.4 is 11.1 Å². The van der Waals surface area contributed by atoms with E-state index in [1.54, 1.807) is 19.9 Å². The fourth-order valence-electron chi connectivity index (χ4n) is 1.38. The van der Waals surface area contributed by atoms with Crippen LogP contribution >= 0.6 is 12.2 Å². The van der Waals surface area contributed by atoms with Gasteiger partial charge in [-0.3, -0.25) is 0 Å². The van der Waals surface area contributed by atoms with Crippen molar-refractivity contribution in [3.05, 3.63) is 29.6 Å².